The molecule has 0 spiro atoms. The summed E-state index contributed by atoms with van der Waals surface area (Å²) in [6.07, 6.45) is -1.82. The first kappa shape index (κ1) is 29.4. The number of rotatable bonds is 5. The lowest BCUT2D eigenvalue weighted by molar-refractivity contribution is -0.138. The number of nitrogens with one attached hydrogen (secondary N) is 1. The Bertz CT molecular complexity index is 1400. The zero-order valence-electron chi connectivity index (χ0n) is 23.0. The smallest absolute Gasteiger partial charge is 0.416 e. The molecule has 0 unspecified atom stereocenters. The number of alkyl carbamates (subject to hydrolysis) is 1. The second kappa shape index (κ2) is 11.1. The Morgan fingerprint density at radius 1 is 1.05 bits per heavy atom. The van der Waals surface area contributed by atoms with Crippen molar-refractivity contribution in [2.75, 3.05) is 6.61 Å². The van der Waals surface area contributed by atoms with Crippen LogP contribution in [0.25, 0.3) is 0 Å². The summed E-state index contributed by atoms with van der Waals surface area (Å²) >= 11 is 0. The van der Waals surface area contributed by atoms with E-state index < -0.39 is 52.7 Å². The Morgan fingerprint density at radius 3 is 2.33 bits per heavy atom. The monoisotopic (exact) mass is 565 g/mol. The van der Waals surface area contributed by atoms with Crippen molar-refractivity contribution in [1.82, 2.24) is 14.5 Å². The van der Waals surface area contributed by atoms with Crippen LogP contribution < -0.4 is 16.6 Å². The Labute approximate surface area is 229 Å². The minimum atomic E-state index is -4.58. The summed E-state index contributed by atoms with van der Waals surface area (Å²) in [5.74, 6) is -0.905. The molecule has 0 aliphatic heterocycles. The highest BCUT2D eigenvalue weighted by Crippen LogP contribution is 2.41. The molecule has 4 rings (SSSR count). The second-order valence-electron chi connectivity index (χ2n) is 11.2. The van der Waals surface area contributed by atoms with Crippen molar-refractivity contribution in [2.45, 2.75) is 96.1 Å². The molecule has 1 amide bonds. The minimum Gasteiger partial charge on any atom is -0.462 e. The van der Waals surface area contributed by atoms with Crippen LogP contribution in [0.1, 0.15) is 98.9 Å². The maximum absolute atomic E-state index is 13.8. The number of halogens is 3. The third-order valence-corrected chi connectivity index (χ3v) is 7.31. The molecule has 218 valence electrons. The van der Waals surface area contributed by atoms with Gasteiger partial charge in [-0.25, -0.2) is 14.4 Å². The van der Waals surface area contributed by atoms with Crippen molar-refractivity contribution in [3.63, 3.8) is 0 Å². The number of carbonyl (C=O) groups excluding carboxylic acids is 2. The molecule has 0 saturated heterocycles. The molecule has 1 N–H and O–H groups in total. The van der Waals surface area contributed by atoms with Gasteiger partial charge in [0.05, 0.1) is 18.2 Å². The van der Waals surface area contributed by atoms with Crippen molar-refractivity contribution in [3.05, 3.63) is 67.5 Å². The number of hydrogen-bond donors (Lipinski definition) is 1. The lowest BCUT2D eigenvalue weighted by Gasteiger charge is -2.31. The average molecular weight is 566 g/mol. The first-order valence-corrected chi connectivity index (χ1v) is 13.4. The highest BCUT2D eigenvalue weighted by atomic mass is 19.4. The number of amides is 1. The molecule has 1 heterocycles. The molecule has 2 aromatic rings. The Hall–Kier alpha value is -3.57. The van der Waals surface area contributed by atoms with Crippen LogP contribution in [0.4, 0.5) is 18.0 Å². The maximum atomic E-state index is 13.8. The van der Waals surface area contributed by atoms with E-state index in [2.05, 4.69) is 5.32 Å². The summed E-state index contributed by atoms with van der Waals surface area (Å²) in [5.41, 5.74) is -3.09. The fourth-order valence-corrected chi connectivity index (χ4v) is 5.61. The summed E-state index contributed by atoms with van der Waals surface area (Å²) in [7, 11) is 0. The predicted molar refractivity (Wildman–Crippen MR) is 139 cm³/mol. The number of fused-ring (bicyclic) bond motifs is 1. The van der Waals surface area contributed by atoms with E-state index in [0.717, 1.165) is 10.6 Å². The standard InChI is InChI=1S/C28H34F3N3O6/c1-5-39-24(36)20-15-33(17-11-9-16(10-12-17)32-25(37)40-27(2,3)4)26(38)34(23(20)35)22-14-13-18-19(22)7-6-8-21(18)28(29,30)31/h6-8,15-17,22H,5,9-14H2,1-4H3,(H,32,37)/t16-,17-,22-/m1/s1. The lowest BCUT2D eigenvalue weighted by Crippen LogP contribution is -2.47. The van der Waals surface area contributed by atoms with Gasteiger partial charge in [-0.2, -0.15) is 13.2 Å². The van der Waals surface area contributed by atoms with Gasteiger partial charge in [-0.05, 0) is 83.4 Å². The zero-order valence-corrected chi connectivity index (χ0v) is 23.0. The van der Waals surface area contributed by atoms with Gasteiger partial charge in [-0.15, -0.1) is 0 Å². The Balaban J connectivity index is 1.69. The highest BCUT2D eigenvalue weighted by molar-refractivity contribution is 5.88. The van der Waals surface area contributed by atoms with Gasteiger partial charge >= 0.3 is 23.9 Å². The first-order valence-electron chi connectivity index (χ1n) is 13.4. The predicted octanol–water partition coefficient (Wildman–Crippen LogP) is 4.75. The second-order valence-corrected chi connectivity index (χ2v) is 11.2. The van der Waals surface area contributed by atoms with E-state index in [1.807, 2.05) is 0 Å². The van der Waals surface area contributed by atoms with E-state index in [0.29, 0.717) is 25.7 Å². The van der Waals surface area contributed by atoms with Gasteiger partial charge in [0, 0.05) is 18.3 Å². The SMILES string of the molecule is CCOC(=O)c1cn([C@H]2CC[C@H](NC(=O)OC(C)(C)C)CC2)c(=O)n([C@@H]2CCc3c2cccc3C(F)(F)F)c1=O. The van der Waals surface area contributed by atoms with Gasteiger partial charge in [0.1, 0.15) is 11.2 Å². The summed E-state index contributed by atoms with van der Waals surface area (Å²) in [4.78, 5) is 52.2. The normalized spacial score (nSPS) is 21.0. The number of aromatic nitrogens is 2. The Morgan fingerprint density at radius 2 is 1.73 bits per heavy atom. The van der Waals surface area contributed by atoms with E-state index in [-0.39, 0.29) is 42.2 Å². The summed E-state index contributed by atoms with van der Waals surface area (Å²) in [6.45, 7) is 6.87. The molecular formula is C28H34F3N3O6. The van der Waals surface area contributed by atoms with E-state index in [9.17, 15) is 32.3 Å². The molecule has 9 nitrogen and oxygen atoms in total. The number of hydrogen-bond acceptors (Lipinski definition) is 6. The molecule has 0 radical (unpaired) electrons. The molecule has 1 aromatic heterocycles. The minimum absolute atomic E-state index is 0.0000473. The summed E-state index contributed by atoms with van der Waals surface area (Å²) in [5, 5.41) is 2.83. The molecule has 1 fully saturated rings. The van der Waals surface area contributed by atoms with Crippen LogP contribution in [0.3, 0.4) is 0 Å². The molecule has 0 bridgehead atoms. The average Bonchev–Trinajstić information content (AvgIpc) is 3.27. The molecule has 12 heteroatoms. The van der Waals surface area contributed by atoms with Crippen LogP contribution in [0.5, 0.6) is 0 Å². The third kappa shape index (κ3) is 6.10. The Kier molecular flexibility index (Phi) is 8.18. The summed E-state index contributed by atoms with van der Waals surface area (Å²) in [6, 6.07) is 2.20. The third-order valence-electron chi connectivity index (χ3n) is 7.31. The fraction of sp³-hybridized carbons (Fsp3) is 0.571. The largest absolute Gasteiger partial charge is 0.462 e. The van der Waals surface area contributed by atoms with E-state index in [1.54, 1.807) is 27.7 Å². The van der Waals surface area contributed by atoms with Crippen LogP contribution in [-0.2, 0) is 22.1 Å². The number of esters is 1. The lowest BCUT2D eigenvalue weighted by atomic mass is 9.91. The van der Waals surface area contributed by atoms with Crippen LogP contribution in [-0.4, -0.2) is 39.4 Å². The van der Waals surface area contributed by atoms with Crippen molar-refractivity contribution in [1.29, 1.82) is 0 Å². The molecule has 1 aromatic carbocycles. The number of carbonyl (C=O) groups is 2. The van der Waals surface area contributed by atoms with Crippen LogP contribution in [0.2, 0.25) is 0 Å². The molecule has 1 saturated carbocycles. The number of benzene rings is 1. The van der Waals surface area contributed by atoms with Crippen LogP contribution in [0.15, 0.2) is 34.0 Å². The van der Waals surface area contributed by atoms with Gasteiger partial charge in [0.2, 0.25) is 0 Å². The fourth-order valence-electron chi connectivity index (χ4n) is 5.61. The molecule has 1 atom stereocenters. The highest BCUT2D eigenvalue weighted by Gasteiger charge is 2.39. The molecule has 40 heavy (non-hydrogen) atoms. The number of nitrogens with zero attached hydrogens (tertiary/aromatic N) is 2. The number of ether oxygens (including phenoxy) is 2. The van der Waals surface area contributed by atoms with Crippen LogP contribution in [0, 0.1) is 0 Å². The maximum Gasteiger partial charge on any atom is 0.416 e. The first-order chi connectivity index (χ1) is 18.7. The van der Waals surface area contributed by atoms with Gasteiger partial charge in [-0.3, -0.25) is 13.9 Å². The summed E-state index contributed by atoms with van der Waals surface area (Å²) < 4.78 is 53.6. The van der Waals surface area contributed by atoms with Crippen molar-refractivity contribution >= 4 is 12.1 Å². The van der Waals surface area contributed by atoms with Gasteiger partial charge in [-0.1, -0.05) is 12.1 Å². The van der Waals surface area contributed by atoms with E-state index in [1.165, 1.54) is 22.9 Å². The van der Waals surface area contributed by atoms with Crippen molar-refractivity contribution in [2.24, 2.45) is 0 Å². The van der Waals surface area contributed by atoms with Crippen molar-refractivity contribution in [3.8, 4) is 0 Å². The molecule has 2 aliphatic rings. The van der Waals surface area contributed by atoms with Gasteiger partial charge in [0.15, 0.2) is 0 Å². The molecule has 2 aliphatic carbocycles. The van der Waals surface area contributed by atoms with E-state index in [4.69, 9.17) is 9.47 Å². The quantitative estimate of drug-likeness (QED) is 0.525. The van der Waals surface area contributed by atoms with E-state index >= 15 is 0 Å². The van der Waals surface area contributed by atoms with Gasteiger partial charge < -0.3 is 14.8 Å². The van der Waals surface area contributed by atoms with Crippen LogP contribution >= 0.6 is 0 Å². The molecular weight excluding hydrogens is 531 g/mol. The van der Waals surface area contributed by atoms with Gasteiger partial charge in [0.25, 0.3) is 5.56 Å². The number of alkyl halides is 3. The van der Waals surface area contributed by atoms with Crippen molar-refractivity contribution < 1.29 is 32.2 Å². The zero-order chi connectivity index (χ0) is 29.4. The topological polar surface area (TPSA) is 109 Å².